The molecule has 1 aromatic carbocycles. The predicted octanol–water partition coefficient (Wildman–Crippen LogP) is 2.58. The first-order chi connectivity index (χ1) is 9.86. The maximum atomic E-state index is 12.4. The van der Waals surface area contributed by atoms with Gasteiger partial charge in [0, 0.05) is 23.8 Å². The topological polar surface area (TPSA) is 84.6 Å². The van der Waals surface area contributed by atoms with Crippen molar-refractivity contribution in [3.05, 3.63) is 29.3 Å². The highest BCUT2D eigenvalue weighted by atomic mass is 35.5. The van der Waals surface area contributed by atoms with E-state index in [-0.39, 0.29) is 12.5 Å². The Morgan fingerprint density at radius 1 is 1.38 bits per heavy atom. The summed E-state index contributed by atoms with van der Waals surface area (Å²) in [5.74, 6) is -1.13. The van der Waals surface area contributed by atoms with Gasteiger partial charge in [0.25, 0.3) is 0 Å². The van der Waals surface area contributed by atoms with Crippen molar-refractivity contribution in [1.82, 2.24) is 4.90 Å². The van der Waals surface area contributed by atoms with Crippen molar-refractivity contribution in [3.8, 4) is 6.07 Å². The minimum absolute atomic E-state index is 0.170. The van der Waals surface area contributed by atoms with E-state index in [1.54, 1.807) is 31.2 Å². The molecular formula is C14H16ClN3O3. The van der Waals surface area contributed by atoms with Gasteiger partial charge in [-0.2, -0.15) is 5.26 Å². The quantitative estimate of drug-likeness (QED) is 0.906. The van der Waals surface area contributed by atoms with Crippen molar-refractivity contribution in [2.75, 3.05) is 18.5 Å². The maximum Gasteiger partial charge on any atom is 0.325 e. The second-order valence-corrected chi connectivity index (χ2v) is 5.00. The van der Waals surface area contributed by atoms with Crippen LogP contribution in [0.4, 0.5) is 10.5 Å². The van der Waals surface area contributed by atoms with E-state index in [0.29, 0.717) is 10.7 Å². The zero-order valence-electron chi connectivity index (χ0n) is 11.8. The van der Waals surface area contributed by atoms with Crippen LogP contribution in [0.1, 0.15) is 13.3 Å². The number of anilines is 1. The van der Waals surface area contributed by atoms with Crippen LogP contribution < -0.4 is 4.90 Å². The van der Waals surface area contributed by atoms with E-state index >= 15 is 0 Å². The van der Waals surface area contributed by atoms with Crippen LogP contribution in [0.15, 0.2) is 24.3 Å². The van der Waals surface area contributed by atoms with Crippen LogP contribution in [0.5, 0.6) is 0 Å². The predicted molar refractivity (Wildman–Crippen MR) is 79.3 cm³/mol. The molecular weight excluding hydrogens is 294 g/mol. The Hall–Kier alpha value is -2.26. The van der Waals surface area contributed by atoms with Gasteiger partial charge in [-0.05, 0) is 31.2 Å². The summed E-state index contributed by atoms with van der Waals surface area (Å²) in [7, 11) is 1.54. The van der Waals surface area contributed by atoms with Crippen molar-refractivity contribution in [1.29, 1.82) is 5.26 Å². The minimum atomic E-state index is -1.13. The average molecular weight is 310 g/mol. The van der Waals surface area contributed by atoms with Crippen LogP contribution in [0.25, 0.3) is 0 Å². The molecule has 0 heterocycles. The summed E-state index contributed by atoms with van der Waals surface area (Å²) in [6.07, 6.45) is 0.170. The van der Waals surface area contributed by atoms with E-state index in [9.17, 15) is 9.59 Å². The fourth-order valence-electron chi connectivity index (χ4n) is 1.67. The summed E-state index contributed by atoms with van der Waals surface area (Å²) in [5.41, 5.74) is 0.433. The Kier molecular flexibility index (Phi) is 6.00. The fourth-order valence-corrected chi connectivity index (χ4v) is 1.80. The van der Waals surface area contributed by atoms with E-state index in [4.69, 9.17) is 22.0 Å². The smallest absolute Gasteiger partial charge is 0.325 e. The molecule has 0 saturated carbocycles. The molecule has 0 aliphatic carbocycles. The summed E-state index contributed by atoms with van der Waals surface area (Å²) in [6, 6.07) is 7.50. The van der Waals surface area contributed by atoms with Crippen molar-refractivity contribution in [2.24, 2.45) is 0 Å². The van der Waals surface area contributed by atoms with Gasteiger partial charge >= 0.3 is 12.0 Å². The van der Waals surface area contributed by atoms with Crippen LogP contribution in [0, 0.1) is 11.3 Å². The zero-order chi connectivity index (χ0) is 16.0. The number of carbonyl (C=O) groups excluding carboxylic acids is 1. The number of rotatable bonds is 5. The van der Waals surface area contributed by atoms with Crippen LogP contribution in [0.2, 0.25) is 5.02 Å². The second-order valence-electron chi connectivity index (χ2n) is 4.56. The number of nitrogens with zero attached hydrogens (tertiary/aromatic N) is 3. The number of halogens is 1. The SMILES string of the molecule is CC(CC#N)N(C)C(=O)N(CC(=O)O)c1ccc(Cl)cc1. The highest BCUT2D eigenvalue weighted by Crippen LogP contribution is 2.20. The van der Waals surface area contributed by atoms with Gasteiger partial charge in [0.15, 0.2) is 0 Å². The molecule has 0 spiro atoms. The summed E-state index contributed by atoms with van der Waals surface area (Å²) in [5, 5.41) is 18.2. The molecule has 0 fully saturated rings. The number of carbonyl (C=O) groups is 2. The van der Waals surface area contributed by atoms with Gasteiger partial charge in [0.2, 0.25) is 0 Å². The van der Waals surface area contributed by atoms with E-state index in [1.807, 2.05) is 6.07 Å². The lowest BCUT2D eigenvalue weighted by Gasteiger charge is -2.30. The minimum Gasteiger partial charge on any atom is -0.480 e. The Morgan fingerprint density at radius 3 is 2.43 bits per heavy atom. The maximum absolute atomic E-state index is 12.4. The number of nitriles is 1. The van der Waals surface area contributed by atoms with E-state index < -0.39 is 18.5 Å². The van der Waals surface area contributed by atoms with Crippen molar-refractivity contribution >= 4 is 29.3 Å². The molecule has 0 aliphatic rings. The van der Waals surface area contributed by atoms with Crippen LogP contribution >= 0.6 is 11.6 Å². The third kappa shape index (κ3) is 4.65. The molecule has 7 heteroatoms. The van der Waals surface area contributed by atoms with Gasteiger partial charge < -0.3 is 10.0 Å². The lowest BCUT2D eigenvalue weighted by atomic mass is 10.2. The Bertz CT molecular complexity index is 554. The molecule has 0 radical (unpaired) electrons. The Balaban J connectivity index is 3.02. The summed E-state index contributed by atoms with van der Waals surface area (Å²) in [4.78, 5) is 25.9. The molecule has 0 bridgehead atoms. The van der Waals surface area contributed by atoms with Crippen LogP contribution in [0.3, 0.4) is 0 Å². The lowest BCUT2D eigenvalue weighted by Crippen LogP contribution is -2.47. The van der Waals surface area contributed by atoms with Gasteiger partial charge in [-0.3, -0.25) is 9.69 Å². The van der Waals surface area contributed by atoms with Crippen LogP contribution in [-0.4, -0.2) is 41.6 Å². The number of urea groups is 1. The molecule has 0 saturated heterocycles. The highest BCUT2D eigenvalue weighted by molar-refractivity contribution is 6.30. The number of benzene rings is 1. The molecule has 2 amide bonds. The first kappa shape index (κ1) is 16.8. The standard InChI is InChI=1S/C14H16ClN3O3/c1-10(7-8-16)17(2)14(21)18(9-13(19)20)12-5-3-11(15)4-6-12/h3-6,10H,7,9H2,1-2H3,(H,19,20). The van der Waals surface area contributed by atoms with Gasteiger partial charge in [-0.15, -0.1) is 0 Å². The van der Waals surface area contributed by atoms with Gasteiger partial charge in [-0.25, -0.2) is 4.79 Å². The van der Waals surface area contributed by atoms with Gasteiger partial charge in [-0.1, -0.05) is 11.6 Å². The summed E-state index contributed by atoms with van der Waals surface area (Å²) in [6.45, 7) is 1.26. The third-order valence-electron chi connectivity index (χ3n) is 3.01. The molecule has 1 aromatic rings. The number of hydrogen-bond donors (Lipinski definition) is 1. The number of carboxylic acid groups (broad SMARTS) is 1. The molecule has 1 unspecified atom stereocenters. The third-order valence-corrected chi connectivity index (χ3v) is 3.26. The summed E-state index contributed by atoms with van der Waals surface area (Å²) >= 11 is 5.79. The Labute approximate surface area is 128 Å². The normalized spacial score (nSPS) is 11.3. The fraction of sp³-hybridized carbons (Fsp3) is 0.357. The number of carboxylic acids is 1. The first-order valence-corrected chi connectivity index (χ1v) is 6.63. The molecule has 1 rings (SSSR count). The van der Waals surface area contributed by atoms with E-state index in [2.05, 4.69) is 0 Å². The number of hydrogen-bond acceptors (Lipinski definition) is 3. The molecule has 6 nitrogen and oxygen atoms in total. The van der Waals surface area contributed by atoms with E-state index in [0.717, 1.165) is 4.90 Å². The van der Waals surface area contributed by atoms with Crippen molar-refractivity contribution < 1.29 is 14.7 Å². The van der Waals surface area contributed by atoms with Crippen LogP contribution in [-0.2, 0) is 4.79 Å². The Morgan fingerprint density at radius 2 is 1.95 bits per heavy atom. The average Bonchev–Trinajstić information content (AvgIpc) is 2.44. The molecule has 112 valence electrons. The highest BCUT2D eigenvalue weighted by Gasteiger charge is 2.25. The summed E-state index contributed by atoms with van der Waals surface area (Å²) < 4.78 is 0. The second kappa shape index (κ2) is 7.50. The van der Waals surface area contributed by atoms with Gasteiger partial charge in [0.05, 0.1) is 12.5 Å². The molecule has 21 heavy (non-hydrogen) atoms. The largest absolute Gasteiger partial charge is 0.480 e. The molecule has 1 N–H and O–H groups in total. The number of aliphatic carboxylic acids is 1. The van der Waals surface area contributed by atoms with Crippen molar-refractivity contribution in [3.63, 3.8) is 0 Å². The number of amides is 2. The zero-order valence-corrected chi connectivity index (χ0v) is 12.5. The monoisotopic (exact) mass is 309 g/mol. The van der Waals surface area contributed by atoms with Gasteiger partial charge in [0.1, 0.15) is 6.54 Å². The van der Waals surface area contributed by atoms with E-state index in [1.165, 1.54) is 11.9 Å². The first-order valence-electron chi connectivity index (χ1n) is 6.25. The molecule has 1 atom stereocenters. The molecule has 0 aromatic heterocycles. The molecule has 0 aliphatic heterocycles. The lowest BCUT2D eigenvalue weighted by molar-refractivity contribution is -0.135. The van der Waals surface area contributed by atoms with Crippen molar-refractivity contribution in [2.45, 2.75) is 19.4 Å².